The predicted molar refractivity (Wildman–Crippen MR) is 53.0 cm³/mol. The van der Waals surface area contributed by atoms with Crippen LogP contribution in [0.3, 0.4) is 0 Å². The Morgan fingerprint density at radius 3 is 2.62 bits per heavy atom. The molecule has 0 unspecified atom stereocenters. The van der Waals surface area contributed by atoms with Crippen LogP contribution in [0.15, 0.2) is 30.3 Å². The van der Waals surface area contributed by atoms with Crippen LogP contribution in [0.1, 0.15) is 5.56 Å². The molecular weight excluding hydrogens is 162 g/mol. The van der Waals surface area contributed by atoms with Crippen molar-refractivity contribution in [2.24, 2.45) is 0 Å². The first-order valence-corrected chi connectivity index (χ1v) is 4.21. The van der Waals surface area contributed by atoms with Crippen LogP contribution < -0.4 is 5.32 Å². The van der Waals surface area contributed by atoms with E-state index < -0.39 is 0 Å². The van der Waals surface area contributed by atoms with E-state index >= 15 is 0 Å². The summed E-state index contributed by atoms with van der Waals surface area (Å²) in [5.41, 5.74) is 1.16. The lowest BCUT2D eigenvalue weighted by molar-refractivity contribution is 0.268. The van der Waals surface area contributed by atoms with Crippen LogP contribution in [-0.4, -0.2) is 17.8 Å². The summed E-state index contributed by atoms with van der Waals surface area (Å²) in [6.07, 6.45) is 5.17. The van der Waals surface area contributed by atoms with Gasteiger partial charge in [-0.1, -0.05) is 36.3 Å². The minimum Gasteiger partial charge on any atom is -0.394 e. The van der Waals surface area contributed by atoms with Gasteiger partial charge in [0.2, 0.25) is 0 Å². The van der Waals surface area contributed by atoms with Gasteiger partial charge in [0.25, 0.3) is 0 Å². The number of aliphatic hydroxyl groups is 1. The molecule has 2 N–H and O–H groups in total. The van der Waals surface area contributed by atoms with E-state index in [1.165, 1.54) is 0 Å². The minimum atomic E-state index is -0.250. The molecule has 0 radical (unpaired) electrons. The van der Waals surface area contributed by atoms with Crippen LogP contribution in [0, 0.1) is 12.3 Å². The van der Waals surface area contributed by atoms with Crippen molar-refractivity contribution >= 4 is 0 Å². The smallest absolute Gasteiger partial charge is 0.0923 e. The third-order valence-electron chi connectivity index (χ3n) is 1.78. The van der Waals surface area contributed by atoms with Gasteiger partial charge >= 0.3 is 0 Å². The van der Waals surface area contributed by atoms with Crippen molar-refractivity contribution in [3.63, 3.8) is 0 Å². The SMILES string of the molecule is C#C[C@H](CO)NCc1ccccc1. The molecular formula is C11H13NO. The quantitative estimate of drug-likeness (QED) is 0.662. The molecule has 13 heavy (non-hydrogen) atoms. The lowest BCUT2D eigenvalue weighted by Gasteiger charge is -2.09. The minimum absolute atomic E-state index is 0.0245. The highest BCUT2D eigenvalue weighted by Gasteiger charge is 2.00. The van der Waals surface area contributed by atoms with Gasteiger partial charge in [0.1, 0.15) is 0 Å². The second kappa shape index (κ2) is 5.36. The average Bonchev–Trinajstić information content (AvgIpc) is 2.21. The van der Waals surface area contributed by atoms with Gasteiger partial charge in [-0.2, -0.15) is 0 Å². The monoisotopic (exact) mass is 175 g/mol. The van der Waals surface area contributed by atoms with Gasteiger partial charge in [-0.05, 0) is 5.56 Å². The summed E-state index contributed by atoms with van der Waals surface area (Å²) < 4.78 is 0. The molecule has 2 nitrogen and oxygen atoms in total. The van der Waals surface area contributed by atoms with E-state index in [2.05, 4.69) is 11.2 Å². The Hall–Kier alpha value is -1.30. The molecule has 0 aromatic heterocycles. The molecule has 1 aromatic carbocycles. The topological polar surface area (TPSA) is 32.3 Å². The van der Waals surface area contributed by atoms with Gasteiger partial charge in [-0.25, -0.2) is 0 Å². The Balaban J connectivity index is 2.40. The van der Waals surface area contributed by atoms with Crippen LogP contribution in [0.5, 0.6) is 0 Å². The highest BCUT2D eigenvalue weighted by molar-refractivity contribution is 5.15. The summed E-state index contributed by atoms with van der Waals surface area (Å²) in [6, 6.07) is 9.69. The molecule has 0 amide bonds. The number of benzene rings is 1. The van der Waals surface area contributed by atoms with Crippen LogP contribution in [0.2, 0.25) is 0 Å². The third kappa shape index (κ3) is 3.29. The fourth-order valence-electron chi connectivity index (χ4n) is 1.01. The van der Waals surface area contributed by atoms with Crippen molar-refractivity contribution in [3.8, 4) is 12.3 Å². The molecule has 0 aliphatic heterocycles. The van der Waals surface area contributed by atoms with E-state index in [0.29, 0.717) is 6.54 Å². The second-order valence-electron chi connectivity index (χ2n) is 2.77. The predicted octanol–water partition coefficient (Wildman–Crippen LogP) is 0.770. The van der Waals surface area contributed by atoms with Gasteiger partial charge < -0.3 is 5.11 Å². The largest absolute Gasteiger partial charge is 0.394 e. The maximum atomic E-state index is 8.80. The second-order valence-corrected chi connectivity index (χ2v) is 2.77. The zero-order valence-electron chi connectivity index (χ0n) is 7.40. The van der Waals surface area contributed by atoms with Gasteiger partial charge in [-0.15, -0.1) is 6.42 Å². The van der Waals surface area contributed by atoms with Crippen molar-refractivity contribution in [2.75, 3.05) is 6.61 Å². The summed E-state index contributed by atoms with van der Waals surface area (Å²) >= 11 is 0. The molecule has 2 heteroatoms. The first kappa shape index (κ1) is 9.79. The van der Waals surface area contributed by atoms with Crippen molar-refractivity contribution in [2.45, 2.75) is 12.6 Å². The molecule has 0 saturated heterocycles. The van der Waals surface area contributed by atoms with Crippen LogP contribution >= 0.6 is 0 Å². The van der Waals surface area contributed by atoms with Crippen LogP contribution in [-0.2, 0) is 6.54 Å². The Labute approximate surface area is 78.6 Å². The van der Waals surface area contributed by atoms with Gasteiger partial charge in [-0.3, -0.25) is 5.32 Å². The molecule has 0 bridgehead atoms. The number of terminal acetylenes is 1. The van der Waals surface area contributed by atoms with Crippen LogP contribution in [0.25, 0.3) is 0 Å². The molecule has 0 aliphatic carbocycles. The Morgan fingerprint density at radius 1 is 1.38 bits per heavy atom. The van der Waals surface area contributed by atoms with Gasteiger partial charge in [0.05, 0.1) is 12.6 Å². The molecule has 0 fully saturated rings. The third-order valence-corrected chi connectivity index (χ3v) is 1.78. The lowest BCUT2D eigenvalue weighted by Crippen LogP contribution is -2.30. The molecule has 1 aromatic rings. The zero-order valence-corrected chi connectivity index (χ0v) is 7.40. The van der Waals surface area contributed by atoms with Crippen LogP contribution in [0.4, 0.5) is 0 Å². The zero-order chi connectivity index (χ0) is 9.52. The summed E-state index contributed by atoms with van der Waals surface area (Å²) in [5.74, 6) is 2.46. The van der Waals surface area contributed by atoms with E-state index in [4.69, 9.17) is 11.5 Å². The van der Waals surface area contributed by atoms with Gasteiger partial charge in [0.15, 0.2) is 0 Å². The van der Waals surface area contributed by atoms with Crippen molar-refractivity contribution in [3.05, 3.63) is 35.9 Å². The Kier molecular flexibility index (Phi) is 4.04. The van der Waals surface area contributed by atoms with E-state index in [-0.39, 0.29) is 12.6 Å². The summed E-state index contributed by atoms with van der Waals surface area (Å²) in [5, 5.41) is 11.8. The summed E-state index contributed by atoms with van der Waals surface area (Å²) in [7, 11) is 0. The molecule has 68 valence electrons. The lowest BCUT2D eigenvalue weighted by atomic mass is 10.2. The summed E-state index contributed by atoms with van der Waals surface area (Å²) in [6.45, 7) is 0.666. The number of aliphatic hydroxyl groups excluding tert-OH is 1. The number of nitrogens with one attached hydrogen (secondary N) is 1. The van der Waals surface area contributed by atoms with E-state index in [1.54, 1.807) is 0 Å². The molecule has 1 rings (SSSR count). The first-order valence-electron chi connectivity index (χ1n) is 4.21. The fourth-order valence-corrected chi connectivity index (χ4v) is 1.01. The fraction of sp³-hybridized carbons (Fsp3) is 0.273. The average molecular weight is 175 g/mol. The first-order chi connectivity index (χ1) is 6.36. The van der Waals surface area contributed by atoms with Crippen molar-refractivity contribution in [1.29, 1.82) is 0 Å². The van der Waals surface area contributed by atoms with E-state index in [0.717, 1.165) is 5.56 Å². The van der Waals surface area contributed by atoms with E-state index in [1.807, 2.05) is 30.3 Å². The number of hydrogen-bond donors (Lipinski definition) is 2. The number of rotatable bonds is 4. The standard InChI is InChI=1S/C11H13NO/c1-2-11(9-13)12-8-10-6-4-3-5-7-10/h1,3-7,11-13H,8-9H2/t11-/m1/s1. The van der Waals surface area contributed by atoms with Crippen molar-refractivity contribution < 1.29 is 5.11 Å². The molecule has 0 aliphatic rings. The highest BCUT2D eigenvalue weighted by Crippen LogP contribution is 1.97. The Bertz CT molecular complexity index is 276. The maximum Gasteiger partial charge on any atom is 0.0923 e. The summed E-state index contributed by atoms with van der Waals surface area (Å²) in [4.78, 5) is 0. The van der Waals surface area contributed by atoms with Gasteiger partial charge in [0, 0.05) is 6.54 Å². The highest BCUT2D eigenvalue weighted by atomic mass is 16.3. The van der Waals surface area contributed by atoms with E-state index in [9.17, 15) is 0 Å². The maximum absolute atomic E-state index is 8.80. The molecule has 0 heterocycles. The van der Waals surface area contributed by atoms with Crippen molar-refractivity contribution in [1.82, 2.24) is 5.32 Å². The molecule has 1 atom stereocenters. The number of hydrogen-bond acceptors (Lipinski definition) is 2. The normalized spacial score (nSPS) is 12.0. The Morgan fingerprint density at radius 2 is 2.08 bits per heavy atom. The molecule has 0 saturated carbocycles. The molecule has 0 spiro atoms.